The van der Waals surface area contributed by atoms with E-state index in [1.165, 1.54) is 12.7 Å². The summed E-state index contributed by atoms with van der Waals surface area (Å²) in [6.07, 6.45) is 4.50. The van der Waals surface area contributed by atoms with Gasteiger partial charge in [-0.2, -0.15) is 0 Å². The Morgan fingerprint density at radius 2 is 2.00 bits per heavy atom. The maximum Gasteiger partial charge on any atom is 0.173 e. The second-order valence-corrected chi connectivity index (χ2v) is 3.28. The Labute approximate surface area is 99.3 Å². The van der Waals surface area contributed by atoms with Gasteiger partial charge in [-0.05, 0) is 6.07 Å². The highest BCUT2D eigenvalue weighted by Gasteiger charge is 1.99. The molecule has 0 aliphatic carbocycles. The monoisotopic (exact) mass is 228 g/mol. The molecule has 0 saturated heterocycles. The van der Waals surface area contributed by atoms with Crippen LogP contribution in [0.15, 0.2) is 41.9 Å². The first-order chi connectivity index (χ1) is 8.40. The molecule has 1 heterocycles. The third kappa shape index (κ3) is 3.07. The van der Waals surface area contributed by atoms with Crippen LogP contribution < -0.4 is 4.74 Å². The van der Waals surface area contributed by atoms with Crippen molar-refractivity contribution >= 4 is 6.21 Å². The Morgan fingerprint density at radius 3 is 2.76 bits per heavy atom. The fraction of sp³-hybridized carbons (Fsp3) is 0.167. The van der Waals surface area contributed by atoms with Crippen LogP contribution in [-0.4, -0.2) is 28.3 Å². The molecule has 2 aromatic rings. The minimum Gasteiger partial charge on any atom is -0.496 e. The number of ether oxygens (including phenoxy) is 1. The molecule has 2 rings (SSSR count). The van der Waals surface area contributed by atoms with Crippen molar-refractivity contribution in [2.75, 3.05) is 7.11 Å². The van der Waals surface area contributed by atoms with Gasteiger partial charge in [-0.15, -0.1) is 0 Å². The summed E-state index contributed by atoms with van der Waals surface area (Å²) in [6, 6.07) is 7.77. The van der Waals surface area contributed by atoms with Crippen LogP contribution in [0.2, 0.25) is 0 Å². The lowest BCUT2D eigenvalue weighted by atomic mass is 10.2. The maximum atomic E-state index is 5.23. The Morgan fingerprint density at radius 1 is 1.24 bits per heavy atom. The van der Waals surface area contributed by atoms with Crippen LogP contribution in [0.4, 0.5) is 0 Å². The quantitative estimate of drug-likeness (QED) is 0.744. The standard InChI is InChI=1S/C12H12N4O/c1-17-11-5-3-2-4-10(11)6-13-7-12-15-8-14-9-16-12/h2-5,7-9H,6H2,1H3/b13-7-. The molecule has 0 saturated carbocycles. The molecule has 0 atom stereocenters. The van der Waals surface area contributed by atoms with Gasteiger partial charge in [0.05, 0.1) is 19.9 Å². The van der Waals surface area contributed by atoms with Crippen LogP contribution in [0.25, 0.3) is 0 Å². The Hall–Kier alpha value is -2.30. The second kappa shape index (κ2) is 5.69. The van der Waals surface area contributed by atoms with Gasteiger partial charge in [0, 0.05) is 5.56 Å². The summed E-state index contributed by atoms with van der Waals surface area (Å²) in [5, 5.41) is 0. The lowest BCUT2D eigenvalue weighted by Gasteiger charge is -2.04. The van der Waals surface area contributed by atoms with E-state index in [2.05, 4.69) is 19.9 Å². The smallest absolute Gasteiger partial charge is 0.173 e. The topological polar surface area (TPSA) is 60.3 Å². The van der Waals surface area contributed by atoms with Gasteiger partial charge in [0.25, 0.3) is 0 Å². The van der Waals surface area contributed by atoms with Crippen molar-refractivity contribution in [2.45, 2.75) is 6.54 Å². The molecule has 86 valence electrons. The Bertz CT molecular complexity index is 499. The van der Waals surface area contributed by atoms with Crippen molar-refractivity contribution in [3.05, 3.63) is 48.3 Å². The van der Waals surface area contributed by atoms with E-state index in [-0.39, 0.29) is 0 Å². The average molecular weight is 228 g/mol. The molecule has 1 aromatic heterocycles. The Kier molecular flexibility index (Phi) is 3.75. The van der Waals surface area contributed by atoms with Gasteiger partial charge in [0.2, 0.25) is 0 Å². The summed E-state index contributed by atoms with van der Waals surface area (Å²) in [5.41, 5.74) is 1.03. The molecular formula is C12H12N4O. The van der Waals surface area contributed by atoms with Gasteiger partial charge in [-0.1, -0.05) is 18.2 Å². The van der Waals surface area contributed by atoms with Gasteiger partial charge in [0.15, 0.2) is 5.82 Å². The van der Waals surface area contributed by atoms with Crippen LogP contribution in [0.1, 0.15) is 11.4 Å². The molecule has 0 aliphatic rings. The van der Waals surface area contributed by atoms with E-state index >= 15 is 0 Å². The maximum absolute atomic E-state index is 5.23. The van der Waals surface area contributed by atoms with Crippen LogP contribution in [-0.2, 0) is 6.54 Å². The molecule has 1 aromatic carbocycles. The average Bonchev–Trinajstić information content (AvgIpc) is 2.40. The van der Waals surface area contributed by atoms with E-state index in [1.807, 2.05) is 24.3 Å². The lowest BCUT2D eigenvalue weighted by Crippen LogP contribution is -1.94. The van der Waals surface area contributed by atoms with Crippen molar-refractivity contribution in [1.29, 1.82) is 0 Å². The number of aliphatic imine (C=N–C) groups is 1. The van der Waals surface area contributed by atoms with Crippen LogP contribution in [0.3, 0.4) is 0 Å². The van der Waals surface area contributed by atoms with Crippen molar-refractivity contribution in [3.8, 4) is 5.75 Å². The van der Waals surface area contributed by atoms with Crippen molar-refractivity contribution in [3.63, 3.8) is 0 Å². The molecular weight excluding hydrogens is 216 g/mol. The van der Waals surface area contributed by atoms with Crippen molar-refractivity contribution < 1.29 is 4.74 Å². The summed E-state index contributed by atoms with van der Waals surface area (Å²) in [6.45, 7) is 0.537. The highest BCUT2D eigenvalue weighted by atomic mass is 16.5. The van der Waals surface area contributed by atoms with Crippen molar-refractivity contribution in [1.82, 2.24) is 15.0 Å². The van der Waals surface area contributed by atoms with Gasteiger partial charge >= 0.3 is 0 Å². The molecule has 0 amide bonds. The molecule has 5 heteroatoms. The SMILES string of the molecule is COc1ccccc1C/N=C\c1ncncn1. The number of hydrogen-bond donors (Lipinski definition) is 0. The normalized spacial score (nSPS) is 10.6. The molecule has 0 fully saturated rings. The fourth-order valence-electron chi connectivity index (χ4n) is 1.37. The largest absolute Gasteiger partial charge is 0.496 e. The molecule has 0 unspecified atom stereocenters. The van der Waals surface area contributed by atoms with Crippen LogP contribution >= 0.6 is 0 Å². The molecule has 0 spiro atoms. The first-order valence-electron chi connectivity index (χ1n) is 5.14. The molecule has 0 bridgehead atoms. The Balaban J connectivity index is 2.05. The first-order valence-corrected chi connectivity index (χ1v) is 5.14. The van der Waals surface area contributed by atoms with Crippen LogP contribution in [0.5, 0.6) is 5.75 Å². The summed E-state index contributed by atoms with van der Waals surface area (Å²) in [5.74, 6) is 1.38. The molecule has 0 radical (unpaired) electrons. The molecule has 5 nitrogen and oxygen atoms in total. The minimum absolute atomic E-state index is 0.537. The highest BCUT2D eigenvalue weighted by Crippen LogP contribution is 2.17. The summed E-state index contributed by atoms with van der Waals surface area (Å²) in [4.78, 5) is 15.9. The van der Waals surface area contributed by atoms with E-state index in [0.717, 1.165) is 11.3 Å². The summed E-state index contributed by atoms with van der Waals surface area (Å²) in [7, 11) is 1.65. The van der Waals surface area contributed by atoms with Gasteiger partial charge in [-0.25, -0.2) is 15.0 Å². The summed E-state index contributed by atoms with van der Waals surface area (Å²) >= 11 is 0. The van der Waals surface area contributed by atoms with Gasteiger partial charge in [-0.3, -0.25) is 4.99 Å². The van der Waals surface area contributed by atoms with Crippen molar-refractivity contribution in [2.24, 2.45) is 4.99 Å². The third-order valence-corrected chi connectivity index (χ3v) is 2.17. The van der Waals surface area contributed by atoms with Crippen LogP contribution in [0, 0.1) is 0 Å². The fourth-order valence-corrected chi connectivity index (χ4v) is 1.37. The number of methoxy groups -OCH3 is 1. The van der Waals surface area contributed by atoms with E-state index in [0.29, 0.717) is 12.4 Å². The number of rotatable bonds is 4. The number of benzene rings is 1. The molecule has 0 N–H and O–H groups in total. The molecule has 0 aliphatic heterocycles. The van der Waals surface area contributed by atoms with Gasteiger partial charge < -0.3 is 4.74 Å². The van der Waals surface area contributed by atoms with E-state index in [1.54, 1.807) is 13.3 Å². The van der Waals surface area contributed by atoms with E-state index < -0.39 is 0 Å². The zero-order valence-electron chi connectivity index (χ0n) is 9.45. The number of nitrogens with zero attached hydrogens (tertiary/aromatic N) is 4. The number of hydrogen-bond acceptors (Lipinski definition) is 5. The third-order valence-electron chi connectivity index (χ3n) is 2.17. The highest BCUT2D eigenvalue weighted by molar-refractivity contribution is 5.73. The van der Waals surface area contributed by atoms with Gasteiger partial charge in [0.1, 0.15) is 18.4 Å². The number of aromatic nitrogens is 3. The second-order valence-electron chi connectivity index (χ2n) is 3.28. The first kappa shape index (κ1) is 11.2. The predicted molar refractivity (Wildman–Crippen MR) is 64.1 cm³/mol. The zero-order chi connectivity index (χ0) is 11.9. The zero-order valence-corrected chi connectivity index (χ0v) is 9.45. The number of para-hydroxylation sites is 1. The predicted octanol–water partition coefficient (Wildman–Crippen LogP) is 1.50. The van der Waals surface area contributed by atoms with E-state index in [9.17, 15) is 0 Å². The lowest BCUT2D eigenvalue weighted by molar-refractivity contribution is 0.410. The van der Waals surface area contributed by atoms with E-state index in [4.69, 9.17) is 4.74 Å². The summed E-state index contributed by atoms with van der Waals surface area (Å²) < 4.78 is 5.23. The minimum atomic E-state index is 0.537. The molecule has 17 heavy (non-hydrogen) atoms.